The van der Waals surface area contributed by atoms with Crippen molar-refractivity contribution in [3.8, 4) is 5.75 Å². The highest BCUT2D eigenvalue weighted by molar-refractivity contribution is 7.89. The molecule has 0 bridgehead atoms. The second kappa shape index (κ2) is 10.5. The lowest BCUT2D eigenvalue weighted by molar-refractivity contribution is -0.148. The smallest absolute Gasteiger partial charge is 0.418 e. The van der Waals surface area contributed by atoms with Crippen LogP contribution in [0.1, 0.15) is 18.1 Å². The van der Waals surface area contributed by atoms with E-state index in [1.807, 2.05) is 0 Å². The lowest BCUT2D eigenvalue weighted by Crippen LogP contribution is -2.30. The maximum atomic E-state index is 13.0. The van der Waals surface area contributed by atoms with Crippen LogP contribution in [0.4, 0.5) is 18.9 Å². The largest absolute Gasteiger partial charge is 0.495 e. The number of hydrogen-bond acceptors (Lipinski definition) is 6. The van der Waals surface area contributed by atoms with Gasteiger partial charge in [0.1, 0.15) is 10.6 Å². The summed E-state index contributed by atoms with van der Waals surface area (Å²) < 4.78 is 75.5. The number of carbonyl (C=O) groups excluding carboxylic acids is 2. The van der Waals surface area contributed by atoms with E-state index in [-0.39, 0.29) is 10.6 Å². The molecule has 1 amide bonds. The first-order chi connectivity index (χ1) is 15.4. The highest BCUT2D eigenvalue weighted by Gasteiger charge is 2.34. The number of amides is 1. The lowest BCUT2D eigenvalue weighted by Gasteiger charge is -2.16. The second-order valence-corrected chi connectivity index (χ2v) is 8.42. The molecule has 8 nitrogen and oxygen atoms in total. The molecule has 0 fully saturated rings. The van der Waals surface area contributed by atoms with E-state index < -0.39 is 45.4 Å². The molecule has 0 saturated heterocycles. The van der Waals surface area contributed by atoms with Crippen LogP contribution in [0.2, 0.25) is 0 Å². The van der Waals surface area contributed by atoms with Crippen LogP contribution in [-0.2, 0) is 30.5 Å². The Morgan fingerprint density at radius 3 is 2.39 bits per heavy atom. The minimum absolute atomic E-state index is 0.0912. The Morgan fingerprint density at radius 1 is 1.12 bits per heavy atom. The zero-order valence-electron chi connectivity index (χ0n) is 17.8. The van der Waals surface area contributed by atoms with Crippen molar-refractivity contribution in [3.05, 3.63) is 59.7 Å². The van der Waals surface area contributed by atoms with Crippen molar-refractivity contribution in [1.29, 1.82) is 0 Å². The molecule has 1 unspecified atom stereocenters. The van der Waals surface area contributed by atoms with Crippen LogP contribution in [0, 0.1) is 0 Å². The maximum absolute atomic E-state index is 13.0. The topological polar surface area (TPSA) is 111 Å². The summed E-state index contributed by atoms with van der Waals surface area (Å²) in [7, 11) is -1.30. The average molecular weight is 486 g/mol. The van der Waals surface area contributed by atoms with E-state index in [2.05, 4.69) is 10.0 Å². The summed E-state index contributed by atoms with van der Waals surface area (Å²) in [6.07, 6.45) is -3.88. The third kappa shape index (κ3) is 6.80. The highest BCUT2D eigenvalue weighted by Crippen LogP contribution is 2.34. The summed E-state index contributed by atoms with van der Waals surface area (Å²) in [5, 5.41) is 2.09. The Hall–Kier alpha value is -3.38. The molecule has 178 valence electrons. The predicted octanol–water partition coefficient (Wildman–Crippen LogP) is 3.21. The number of ether oxygens (including phenoxy) is 2. The number of nitrogens with one attached hydrogen (secondary N) is 2. The van der Waals surface area contributed by atoms with E-state index in [1.165, 1.54) is 57.5 Å². The summed E-state index contributed by atoms with van der Waals surface area (Å²) in [5.41, 5.74) is -1.19. The van der Waals surface area contributed by atoms with Gasteiger partial charge in [0.2, 0.25) is 10.0 Å². The molecule has 0 aliphatic heterocycles. The molecular weight excluding hydrogens is 465 g/mol. The molecule has 2 aromatic rings. The molecule has 2 aromatic carbocycles. The van der Waals surface area contributed by atoms with Crippen LogP contribution < -0.4 is 14.8 Å². The van der Waals surface area contributed by atoms with Gasteiger partial charge in [0.05, 0.1) is 18.4 Å². The van der Waals surface area contributed by atoms with Gasteiger partial charge >= 0.3 is 12.1 Å². The van der Waals surface area contributed by atoms with E-state index >= 15 is 0 Å². The SMILES string of the molecule is CNS(=O)(=O)c1cc(/C=C/C(=O)OC(C)C(=O)Nc2ccccc2C(F)(F)F)ccc1OC. The molecule has 0 heterocycles. The molecule has 0 saturated carbocycles. The molecule has 12 heteroatoms. The number of hydrogen-bond donors (Lipinski definition) is 2. The summed E-state index contributed by atoms with van der Waals surface area (Å²) in [6.45, 7) is 1.20. The molecule has 0 spiro atoms. The lowest BCUT2D eigenvalue weighted by atomic mass is 10.1. The van der Waals surface area contributed by atoms with E-state index in [9.17, 15) is 31.2 Å². The molecule has 0 radical (unpaired) electrons. The van der Waals surface area contributed by atoms with Crippen molar-refractivity contribution in [1.82, 2.24) is 4.72 Å². The van der Waals surface area contributed by atoms with Gasteiger partial charge in [0, 0.05) is 6.08 Å². The molecular formula is C21H21F3N2O6S. The van der Waals surface area contributed by atoms with Crippen LogP contribution in [0.25, 0.3) is 6.08 Å². The predicted molar refractivity (Wildman–Crippen MR) is 114 cm³/mol. The van der Waals surface area contributed by atoms with E-state index in [0.29, 0.717) is 5.56 Å². The fraction of sp³-hybridized carbons (Fsp3) is 0.238. The number of benzene rings is 2. The Labute approximate surface area is 188 Å². The van der Waals surface area contributed by atoms with Gasteiger partial charge in [-0.25, -0.2) is 17.9 Å². The Balaban J connectivity index is 2.09. The third-order valence-electron chi connectivity index (χ3n) is 4.31. The Bertz CT molecular complexity index is 1160. The number of esters is 1. The zero-order valence-corrected chi connectivity index (χ0v) is 18.6. The number of halogens is 3. The van der Waals surface area contributed by atoms with Crippen molar-refractivity contribution >= 4 is 33.7 Å². The van der Waals surface area contributed by atoms with Crippen molar-refractivity contribution in [2.45, 2.75) is 24.1 Å². The van der Waals surface area contributed by atoms with Crippen LogP contribution in [-0.4, -0.2) is 40.6 Å². The van der Waals surface area contributed by atoms with Crippen LogP contribution in [0.15, 0.2) is 53.4 Å². The highest BCUT2D eigenvalue weighted by atomic mass is 32.2. The molecule has 33 heavy (non-hydrogen) atoms. The van der Waals surface area contributed by atoms with E-state index in [4.69, 9.17) is 9.47 Å². The van der Waals surface area contributed by atoms with Gasteiger partial charge in [-0.05, 0) is 49.9 Å². The van der Waals surface area contributed by atoms with Crippen LogP contribution in [0.5, 0.6) is 5.75 Å². The number of rotatable bonds is 8. The van der Waals surface area contributed by atoms with Gasteiger partial charge < -0.3 is 14.8 Å². The van der Waals surface area contributed by atoms with Gasteiger partial charge in [0.25, 0.3) is 5.91 Å². The number of anilines is 1. The first-order valence-corrected chi connectivity index (χ1v) is 10.8. The van der Waals surface area contributed by atoms with E-state index in [0.717, 1.165) is 18.2 Å². The van der Waals surface area contributed by atoms with Crippen molar-refractivity contribution in [2.75, 3.05) is 19.5 Å². The minimum Gasteiger partial charge on any atom is -0.495 e. The van der Waals surface area contributed by atoms with Gasteiger partial charge in [-0.3, -0.25) is 4.79 Å². The summed E-state index contributed by atoms with van der Waals surface area (Å²) in [5.74, 6) is -1.83. The van der Waals surface area contributed by atoms with Crippen molar-refractivity contribution in [3.63, 3.8) is 0 Å². The van der Waals surface area contributed by atoms with E-state index in [1.54, 1.807) is 0 Å². The fourth-order valence-corrected chi connectivity index (χ4v) is 3.55. The Morgan fingerprint density at radius 2 is 1.79 bits per heavy atom. The first-order valence-electron chi connectivity index (χ1n) is 9.36. The van der Waals surface area contributed by atoms with Crippen molar-refractivity contribution in [2.24, 2.45) is 0 Å². The monoisotopic (exact) mass is 486 g/mol. The quantitative estimate of drug-likeness (QED) is 0.438. The first kappa shape index (κ1) is 25.9. The molecule has 0 aromatic heterocycles. The second-order valence-electron chi connectivity index (χ2n) is 6.56. The van der Waals surface area contributed by atoms with Gasteiger partial charge in [-0.2, -0.15) is 13.2 Å². The van der Waals surface area contributed by atoms with Crippen molar-refractivity contribution < 1.29 is 40.7 Å². The van der Waals surface area contributed by atoms with Crippen LogP contribution in [0.3, 0.4) is 0 Å². The van der Waals surface area contributed by atoms with Gasteiger partial charge in [0.15, 0.2) is 6.10 Å². The normalized spacial score (nSPS) is 12.9. The molecule has 0 aliphatic carbocycles. The third-order valence-corrected chi connectivity index (χ3v) is 5.75. The number of sulfonamides is 1. The zero-order chi connectivity index (χ0) is 24.8. The Kier molecular flexibility index (Phi) is 8.23. The standard InChI is InChI=1S/C21H21F3N2O6S/c1-13(20(28)26-16-7-5-4-6-15(16)21(22,23)24)32-19(27)11-9-14-8-10-17(31-3)18(12-14)33(29,30)25-2/h4-13,25H,1-3H3,(H,26,28)/b11-9+. The summed E-state index contributed by atoms with van der Waals surface area (Å²) >= 11 is 0. The number of methoxy groups -OCH3 is 1. The van der Waals surface area contributed by atoms with Crippen LogP contribution >= 0.6 is 0 Å². The number of carbonyl (C=O) groups is 2. The molecule has 1 atom stereocenters. The maximum Gasteiger partial charge on any atom is 0.418 e. The number of para-hydroxylation sites is 1. The van der Waals surface area contributed by atoms with Gasteiger partial charge in [-0.15, -0.1) is 0 Å². The average Bonchev–Trinajstić information content (AvgIpc) is 2.77. The summed E-state index contributed by atoms with van der Waals surface area (Å²) in [4.78, 5) is 24.1. The fourth-order valence-electron chi connectivity index (χ4n) is 2.62. The van der Waals surface area contributed by atoms with Gasteiger partial charge in [-0.1, -0.05) is 18.2 Å². The molecule has 0 aliphatic rings. The number of alkyl halides is 3. The molecule has 2 rings (SSSR count). The minimum atomic E-state index is -4.68. The molecule has 2 N–H and O–H groups in total. The summed E-state index contributed by atoms with van der Waals surface area (Å²) in [6, 6.07) is 8.53.